The van der Waals surface area contributed by atoms with Crippen LogP contribution in [0.3, 0.4) is 0 Å². The molecule has 0 saturated carbocycles. The van der Waals surface area contributed by atoms with Crippen LogP contribution in [-0.2, 0) is 32.6 Å². The normalized spacial score (nSPS) is 12.1. The molecule has 0 aliphatic rings. The van der Waals surface area contributed by atoms with E-state index in [0.717, 1.165) is 21.5 Å². The highest BCUT2D eigenvalue weighted by molar-refractivity contribution is 7.92. The van der Waals surface area contributed by atoms with Gasteiger partial charge in [-0.3, -0.25) is 13.9 Å². The van der Waals surface area contributed by atoms with Crippen LogP contribution in [0.2, 0.25) is 10.0 Å². The van der Waals surface area contributed by atoms with Gasteiger partial charge in [0.1, 0.15) is 12.6 Å². The van der Waals surface area contributed by atoms with E-state index in [-0.39, 0.29) is 18.9 Å². The largest absolute Gasteiger partial charge is 0.355 e. The van der Waals surface area contributed by atoms with Crippen LogP contribution < -0.4 is 9.62 Å². The molecule has 4 aromatic carbocycles. The third-order valence-corrected chi connectivity index (χ3v) is 8.56. The minimum Gasteiger partial charge on any atom is -0.355 e. The molecule has 1 atom stereocenters. The number of hydrogen-bond acceptors (Lipinski definition) is 4. The molecule has 0 radical (unpaired) electrons. The number of nitrogens with one attached hydrogen (secondary N) is 1. The fourth-order valence-corrected chi connectivity index (χ4v) is 6.10. The van der Waals surface area contributed by atoms with Crippen LogP contribution in [0.1, 0.15) is 18.1 Å². The van der Waals surface area contributed by atoms with Crippen molar-refractivity contribution >= 4 is 61.5 Å². The van der Waals surface area contributed by atoms with Gasteiger partial charge in [-0.2, -0.15) is 0 Å². The molecule has 10 heteroatoms. The lowest BCUT2D eigenvalue weighted by Gasteiger charge is -2.34. The van der Waals surface area contributed by atoms with E-state index in [1.54, 1.807) is 37.3 Å². The van der Waals surface area contributed by atoms with Gasteiger partial charge in [0, 0.05) is 40.5 Å². The minimum atomic E-state index is -3.91. The zero-order valence-electron chi connectivity index (χ0n) is 22.8. The summed E-state index contributed by atoms with van der Waals surface area (Å²) in [4.78, 5) is 29.1. The number of fused-ring (bicyclic) bond motifs is 1. The number of anilines is 1. The van der Waals surface area contributed by atoms with Crippen molar-refractivity contribution in [2.45, 2.75) is 25.9 Å². The molecule has 0 aromatic heterocycles. The molecule has 2 amide bonds. The van der Waals surface area contributed by atoms with Gasteiger partial charge in [-0.05, 0) is 36.1 Å². The summed E-state index contributed by atoms with van der Waals surface area (Å²) in [5.74, 6) is -0.949. The molecule has 0 saturated heterocycles. The quantitative estimate of drug-likeness (QED) is 0.236. The van der Waals surface area contributed by atoms with Gasteiger partial charge < -0.3 is 10.2 Å². The second-order valence-corrected chi connectivity index (χ2v) is 12.3. The molecule has 0 aliphatic heterocycles. The SMILES string of the molecule is CCNC(=O)[C@@H](Cc1ccccc1)N(Cc1c(Cl)cccc1Cl)C(=O)CN(c1cccc2ccccc12)S(C)(=O)=O. The standard InChI is InChI=1S/C31H31Cl2N3O4S/c1-3-34-31(38)29(19-22-11-5-4-6-12-22)35(20-25-26(32)16-10-17-27(25)33)30(37)21-36(41(2,39)40)28-18-9-14-23-13-7-8-15-24(23)28/h4-18,29H,3,19-21H2,1-2H3,(H,34,38)/t29-/m1/s1. The van der Waals surface area contributed by atoms with Gasteiger partial charge in [-0.1, -0.05) is 96.0 Å². The number of rotatable bonds is 11. The number of hydrogen-bond donors (Lipinski definition) is 1. The Bertz CT molecular complexity index is 1620. The van der Waals surface area contributed by atoms with E-state index < -0.39 is 28.5 Å². The average molecular weight is 613 g/mol. The first kappa shape index (κ1) is 30.4. The van der Waals surface area contributed by atoms with Gasteiger partial charge in [0.15, 0.2) is 0 Å². The number of carbonyl (C=O) groups is 2. The summed E-state index contributed by atoms with van der Waals surface area (Å²) in [6.07, 6.45) is 1.26. The summed E-state index contributed by atoms with van der Waals surface area (Å²) in [5, 5.41) is 5.00. The Balaban J connectivity index is 1.81. The van der Waals surface area contributed by atoms with Crippen molar-refractivity contribution in [3.63, 3.8) is 0 Å². The molecule has 41 heavy (non-hydrogen) atoms. The molecule has 1 N–H and O–H groups in total. The third-order valence-electron chi connectivity index (χ3n) is 6.73. The molecule has 7 nitrogen and oxygen atoms in total. The molecule has 4 rings (SSSR count). The molecule has 0 fully saturated rings. The first-order valence-electron chi connectivity index (χ1n) is 13.1. The molecular formula is C31H31Cl2N3O4S. The number of halogens is 2. The highest BCUT2D eigenvalue weighted by Crippen LogP contribution is 2.30. The Labute approximate surface area is 250 Å². The zero-order valence-corrected chi connectivity index (χ0v) is 25.1. The van der Waals surface area contributed by atoms with Crippen molar-refractivity contribution in [1.82, 2.24) is 10.2 Å². The van der Waals surface area contributed by atoms with Crippen LogP contribution in [0.5, 0.6) is 0 Å². The highest BCUT2D eigenvalue weighted by atomic mass is 35.5. The van der Waals surface area contributed by atoms with Crippen LogP contribution in [-0.4, -0.2) is 50.5 Å². The predicted molar refractivity (Wildman–Crippen MR) is 166 cm³/mol. The van der Waals surface area contributed by atoms with Crippen LogP contribution >= 0.6 is 23.2 Å². The lowest BCUT2D eigenvalue weighted by atomic mass is 10.0. The number of benzene rings is 4. The fourth-order valence-electron chi connectivity index (χ4n) is 4.72. The van der Waals surface area contributed by atoms with Crippen LogP contribution in [0.25, 0.3) is 10.8 Å². The Morgan fingerprint density at radius 1 is 0.854 bits per heavy atom. The van der Waals surface area contributed by atoms with E-state index in [4.69, 9.17) is 23.2 Å². The van der Waals surface area contributed by atoms with Crippen molar-refractivity contribution in [2.24, 2.45) is 0 Å². The summed E-state index contributed by atoms with van der Waals surface area (Å²) >= 11 is 13.0. The fraction of sp³-hybridized carbons (Fsp3) is 0.226. The van der Waals surface area contributed by atoms with Crippen molar-refractivity contribution in [3.8, 4) is 0 Å². The van der Waals surface area contributed by atoms with E-state index in [1.807, 2.05) is 60.7 Å². The molecule has 214 valence electrons. The predicted octanol–water partition coefficient (Wildman–Crippen LogP) is 5.69. The van der Waals surface area contributed by atoms with Crippen molar-refractivity contribution < 1.29 is 18.0 Å². The van der Waals surface area contributed by atoms with E-state index in [2.05, 4.69) is 5.32 Å². The van der Waals surface area contributed by atoms with E-state index in [0.29, 0.717) is 33.2 Å². The molecule has 0 unspecified atom stereocenters. The summed E-state index contributed by atoms with van der Waals surface area (Å²) in [6.45, 7) is 1.52. The van der Waals surface area contributed by atoms with Crippen LogP contribution in [0, 0.1) is 0 Å². The van der Waals surface area contributed by atoms with Crippen molar-refractivity contribution in [2.75, 3.05) is 23.7 Å². The smallest absolute Gasteiger partial charge is 0.244 e. The van der Waals surface area contributed by atoms with Gasteiger partial charge in [0.05, 0.1) is 11.9 Å². The average Bonchev–Trinajstić information content (AvgIpc) is 2.94. The Morgan fingerprint density at radius 3 is 2.12 bits per heavy atom. The number of sulfonamides is 1. The lowest BCUT2D eigenvalue weighted by Crippen LogP contribution is -2.53. The first-order valence-corrected chi connectivity index (χ1v) is 15.7. The number of carbonyl (C=O) groups excluding carboxylic acids is 2. The Kier molecular flexibility index (Phi) is 9.91. The highest BCUT2D eigenvalue weighted by Gasteiger charge is 2.34. The maximum atomic E-state index is 14.2. The van der Waals surface area contributed by atoms with Gasteiger partial charge >= 0.3 is 0 Å². The van der Waals surface area contributed by atoms with Crippen molar-refractivity contribution in [3.05, 3.63) is 112 Å². The van der Waals surface area contributed by atoms with Gasteiger partial charge in [0.25, 0.3) is 0 Å². The topological polar surface area (TPSA) is 86.8 Å². The molecule has 4 aromatic rings. The number of amides is 2. The van der Waals surface area contributed by atoms with E-state index >= 15 is 0 Å². The summed E-state index contributed by atoms with van der Waals surface area (Å²) < 4.78 is 27.3. The van der Waals surface area contributed by atoms with Crippen LogP contribution in [0.15, 0.2) is 91.0 Å². The second kappa shape index (κ2) is 13.4. The Morgan fingerprint density at radius 2 is 1.46 bits per heavy atom. The molecular weight excluding hydrogens is 581 g/mol. The summed E-state index contributed by atoms with van der Waals surface area (Å²) in [6, 6.07) is 26.0. The summed E-state index contributed by atoms with van der Waals surface area (Å²) in [5.41, 5.74) is 1.66. The van der Waals surface area contributed by atoms with Gasteiger partial charge in [-0.15, -0.1) is 0 Å². The van der Waals surface area contributed by atoms with E-state index in [9.17, 15) is 18.0 Å². The monoisotopic (exact) mass is 611 g/mol. The first-order chi connectivity index (χ1) is 19.6. The maximum absolute atomic E-state index is 14.2. The van der Waals surface area contributed by atoms with Crippen LogP contribution in [0.4, 0.5) is 5.69 Å². The van der Waals surface area contributed by atoms with Gasteiger partial charge in [0.2, 0.25) is 21.8 Å². The van der Waals surface area contributed by atoms with E-state index in [1.165, 1.54) is 4.90 Å². The molecule has 0 spiro atoms. The molecule has 0 heterocycles. The van der Waals surface area contributed by atoms with Gasteiger partial charge in [-0.25, -0.2) is 8.42 Å². The second-order valence-electron chi connectivity index (χ2n) is 9.59. The zero-order chi connectivity index (χ0) is 29.6. The third kappa shape index (κ3) is 7.38. The lowest BCUT2D eigenvalue weighted by molar-refractivity contribution is -0.140. The molecule has 0 bridgehead atoms. The maximum Gasteiger partial charge on any atom is 0.244 e. The molecule has 0 aliphatic carbocycles. The van der Waals surface area contributed by atoms with Crippen molar-refractivity contribution in [1.29, 1.82) is 0 Å². The summed E-state index contributed by atoms with van der Waals surface area (Å²) in [7, 11) is -3.91. The number of likely N-dealkylation sites (N-methyl/N-ethyl adjacent to an activating group) is 1. The Hall–Kier alpha value is -3.59. The minimum absolute atomic E-state index is 0.0981. The number of nitrogens with zero attached hydrogens (tertiary/aromatic N) is 2.